The molecule has 0 saturated carbocycles. The van der Waals surface area contributed by atoms with Gasteiger partial charge in [0.2, 0.25) is 5.91 Å². The summed E-state index contributed by atoms with van der Waals surface area (Å²) in [4.78, 5) is 13.2. The number of nitrogens with zero attached hydrogens (tertiary/aromatic N) is 1. The van der Waals surface area contributed by atoms with Gasteiger partial charge in [-0.2, -0.15) is 26.3 Å². The number of likely N-dealkylation sites (tertiary alicyclic amines) is 1. The molecule has 236 valence electrons. The van der Waals surface area contributed by atoms with E-state index < -0.39 is 23.5 Å². The van der Waals surface area contributed by atoms with Crippen molar-refractivity contribution in [3.8, 4) is 0 Å². The van der Waals surface area contributed by atoms with Crippen molar-refractivity contribution in [3.63, 3.8) is 0 Å². The van der Waals surface area contributed by atoms with Crippen molar-refractivity contribution >= 4 is 61.2 Å². The van der Waals surface area contributed by atoms with E-state index in [4.69, 9.17) is 0 Å². The molecule has 12 heteroatoms. The molecule has 0 atom stereocenters. The molecule has 3 nitrogen and oxygen atoms in total. The van der Waals surface area contributed by atoms with Gasteiger partial charge in [-0.15, -0.1) is 35.1 Å². The summed E-state index contributed by atoms with van der Waals surface area (Å²) in [6.45, 7) is 4.80. The molecule has 0 radical (unpaired) electrons. The van der Waals surface area contributed by atoms with Crippen molar-refractivity contribution in [3.05, 3.63) is 69.4 Å². The Hall–Kier alpha value is -2.34. The number of thiophene rings is 2. The lowest BCUT2D eigenvalue weighted by Crippen LogP contribution is -2.36. The molecule has 4 heterocycles. The molecule has 0 unspecified atom stereocenters. The van der Waals surface area contributed by atoms with Gasteiger partial charge in [0.05, 0.1) is 11.1 Å². The highest BCUT2D eigenvalue weighted by atomic mass is 35.5. The number of amides is 1. The molecule has 4 aromatic rings. The maximum Gasteiger partial charge on any atom is 0.417 e. The number of piperidine rings is 2. The number of halogens is 7. The van der Waals surface area contributed by atoms with Crippen LogP contribution >= 0.6 is 35.1 Å². The van der Waals surface area contributed by atoms with Crippen LogP contribution in [0, 0.1) is 0 Å². The lowest BCUT2D eigenvalue weighted by molar-refractivity contribution is -0.137. The minimum absolute atomic E-state index is 0. The molecule has 1 N–H and O–H groups in total. The topological polar surface area (TPSA) is 32.3 Å². The van der Waals surface area contributed by atoms with E-state index in [0.717, 1.165) is 61.4 Å². The van der Waals surface area contributed by atoms with Crippen LogP contribution in [0.25, 0.3) is 20.2 Å². The fourth-order valence-electron chi connectivity index (χ4n) is 5.87. The molecular formula is C31H35ClF6N2OS2. The largest absolute Gasteiger partial charge is 0.417 e. The first-order chi connectivity index (χ1) is 19.4. The molecule has 2 fully saturated rings. The zero-order chi connectivity index (χ0) is 29.4. The number of fused-ring (bicyclic) bond motifs is 2. The Bertz CT molecular complexity index is 1520. The summed E-state index contributed by atoms with van der Waals surface area (Å²) >= 11 is 2.39. The predicted octanol–water partition coefficient (Wildman–Crippen LogP) is 10.1. The highest BCUT2D eigenvalue weighted by Crippen LogP contribution is 2.43. The molecule has 2 aromatic heterocycles. The van der Waals surface area contributed by atoms with E-state index in [0.29, 0.717) is 33.8 Å². The van der Waals surface area contributed by atoms with E-state index in [1.807, 2.05) is 16.8 Å². The molecule has 0 spiro atoms. The first-order valence-electron chi connectivity index (χ1n) is 13.6. The second-order valence-corrected chi connectivity index (χ2v) is 12.3. The normalized spacial score (nSPS) is 16.8. The Morgan fingerprint density at radius 3 is 1.58 bits per heavy atom. The maximum absolute atomic E-state index is 13.1. The fourth-order valence-corrected chi connectivity index (χ4v) is 8.25. The molecular weight excluding hydrogens is 630 g/mol. The number of rotatable bonds is 2. The van der Waals surface area contributed by atoms with Crippen molar-refractivity contribution in [2.45, 2.75) is 64.2 Å². The van der Waals surface area contributed by atoms with Crippen molar-refractivity contribution in [1.82, 2.24) is 10.2 Å². The van der Waals surface area contributed by atoms with Crippen LogP contribution in [0.5, 0.6) is 0 Å². The van der Waals surface area contributed by atoms with E-state index >= 15 is 0 Å². The van der Waals surface area contributed by atoms with Crippen molar-refractivity contribution in [2.24, 2.45) is 0 Å². The van der Waals surface area contributed by atoms with Gasteiger partial charge in [-0.05, 0) is 95.4 Å². The summed E-state index contributed by atoms with van der Waals surface area (Å²) in [6, 6.07) is 8.90. The third kappa shape index (κ3) is 7.67. The van der Waals surface area contributed by atoms with Gasteiger partial charge < -0.3 is 10.2 Å². The monoisotopic (exact) mass is 664 g/mol. The zero-order valence-corrected chi connectivity index (χ0v) is 25.2. The standard InChI is InChI=1S/C16H16F3NOS.C14H14F3NS.CH4.ClH/c1-10(21)20-7-5-11(6-8-20)13-9-22-15-12(13)3-2-4-14(15)16(17,18)19;15-14(16,17)12-3-1-2-10-11(8-19-13(10)12)9-4-6-18-7-5-9;;/h2-4,9,11H,5-8H2,1H3;1-3,8-9,18H,4-7H2;1H4;1H. The van der Waals surface area contributed by atoms with Crippen molar-refractivity contribution < 1.29 is 31.1 Å². The van der Waals surface area contributed by atoms with E-state index in [1.54, 1.807) is 17.9 Å². The number of hydrogen-bond donors (Lipinski definition) is 1. The Morgan fingerprint density at radius 2 is 1.19 bits per heavy atom. The van der Waals surface area contributed by atoms with Crippen LogP contribution in [0.4, 0.5) is 26.3 Å². The van der Waals surface area contributed by atoms with E-state index in [2.05, 4.69) is 5.32 Å². The van der Waals surface area contributed by atoms with Crippen LogP contribution in [-0.4, -0.2) is 37.0 Å². The second-order valence-electron chi connectivity index (χ2n) is 10.5. The van der Waals surface area contributed by atoms with Crippen LogP contribution in [0.3, 0.4) is 0 Å². The quantitative estimate of drug-likeness (QED) is 0.216. The molecule has 0 bridgehead atoms. The van der Waals surface area contributed by atoms with Crippen LogP contribution in [-0.2, 0) is 17.1 Å². The van der Waals surface area contributed by atoms with Gasteiger partial charge in [0, 0.05) is 29.4 Å². The summed E-state index contributed by atoms with van der Waals surface area (Å²) in [5.41, 5.74) is 1.03. The van der Waals surface area contributed by atoms with Crippen LogP contribution in [0.2, 0.25) is 0 Å². The number of carbonyl (C=O) groups excluding carboxylic acids is 1. The van der Waals surface area contributed by atoms with E-state index in [1.165, 1.54) is 40.9 Å². The van der Waals surface area contributed by atoms with E-state index in [9.17, 15) is 31.1 Å². The van der Waals surface area contributed by atoms with Gasteiger partial charge >= 0.3 is 12.4 Å². The molecule has 6 rings (SSSR count). The minimum Gasteiger partial charge on any atom is -0.343 e. The highest BCUT2D eigenvalue weighted by Gasteiger charge is 2.35. The van der Waals surface area contributed by atoms with Gasteiger partial charge in [-0.1, -0.05) is 31.7 Å². The Balaban J connectivity index is 0.000000227. The summed E-state index contributed by atoms with van der Waals surface area (Å²) in [5, 5.41) is 8.54. The average Bonchev–Trinajstić information content (AvgIpc) is 3.57. The molecule has 2 aromatic carbocycles. The molecule has 0 aliphatic carbocycles. The molecule has 2 aliphatic heterocycles. The average molecular weight is 665 g/mol. The smallest absolute Gasteiger partial charge is 0.343 e. The van der Waals surface area contributed by atoms with E-state index in [-0.39, 0.29) is 31.7 Å². The van der Waals surface area contributed by atoms with Gasteiger partial charge in [0.15, 0.2) is 0 Å². The summed E-state index contributed by atoms with van der Waals surface area (Å²) in [6.07, 6.45) is -4.97. The number of nitrogens with one attached hydrogen (secondary N) is 1. The number of hydrogen-bond acceptors (Lipinski definition) is 4. The zero-order valence-electron chi connectivity index (χ0n) is 22.8. The number of alkyl halides is 6. The number of carbonyl (C=O) groups is 1. The summed E-state index contributed by atoms with van der Waals surface area (Å²) in [7, 11) is 0. The lowest BCUT2D eigenvalue weighted by Gasteiger charge is -2.31. The van der Waals surface area contributed by atoms with Crippen LogP contribution in [0.15, 0.2) is 47.2 Å². The van der Waals surface area contributed by atoms with Crippen molar-refractivity contribution in [2.75, 3.05) is 26.2 Å². The third-order valence-corrected chi connectivity index (χ3v) is 10.1. The summed E-state index contributed by atoms with van der Waals surface area (Å²) < 4.78 is 78.8. The molecule has 2 aliphatic rings. The fraction of sp³-hybridized carbons (Fsp3) is 0.452. The predicted molar refractivity (Wildman–Crippen MR) is 167 cm³/mol. The maximum atomic E-state index is 13.1. The van der Waals surface area contributed by atoms with Gasteiger partial charge in [0.25, 0.3) is 0 Å². The highest BCUT2D eigenvalue weighted by molar-refractivity contribution is 7.18. The first kappa shape index (κ1) is 35.1. The third-order valence-electron chi connectivity index (χ3n) is 8.03. The summed E-state index contributed by atoms with van der Waals surface area (Å²) in [5.74, 6) is 0.680. The van der Waals surface area contributed by atoms with Gasteiger partial charge in [-0.25, -0.2) is 0 Å². The Kier molecular flexibility index (Phi) is 11.6. The molecule has 2 saturated heterocycles. The van der Waals surface area contributed by atoms with Crippen LogP contribution in [0.1, 0.15) is 74.1 Å². The number of benzene rings is 2. The first-order valence-corrected chi connectivity index (χ1v) is 15.3. The Labute approximate surface area is 261 Å². The van der Waals surface area contributed by atoms with Gasteiger partial charge in [-0.3, -0.25) is 4.79 Å². The molecule has 43 heavy (non-hydrogen) atoms. The molecule has 1 amide bonds. The Morgan fingerprint density at radius 1 is 0.767 bits per heavy atom. The minimum atomic E-state index is -4.32. The van der Waals surface area contributed by atoms with Gasteiger partial charge in [0.1, 0.15) is 0 Å². The second kappa shape index (κ2) is 14.2. The van der Waals surface area contributed by atoms with Crippen molar-refractivity contribution in [1.29, 1.82) is 0 Å². The SMILES string of the molecule is C.CC(=O)N1CCC(c2csc3c(C(F)(F)F)cccc23)CC1.Cl.FC(F)(F)c1cccc2c(C3CCNCC3)csc12. The van der Waals surface area contributed by atoms with Crippen LogP contribution < -0.4 is 5.32 Å². The lowest BCUT2D eigenvalue weighted by atomic mass is 9.89.